The number of carbonyl (C=O) groups excluding carboxylic acids is 2. The van der Waals surface area contributed by atoms with Crippen molar-refractivity contribution < 1.29 is 32.2 Å². The van der Waals surface area contributed by atoms with E-state index in [9.17, 15) is 18.0 Å². The summed E-state index contributed by atoms with van der Waals surface area (Å²) in [7, 11) is -1.60. The van der Waals surface area contributed by atoms with Crippen LogP contribution in [0.4, 0.5) is 5.69 Å². The van der Waals surface area contributed by atoms with Crippen molar-refractivity contribution >= 4 is 38.2 Å². The topological polar surface area (TPSA) is 111 Å². The Kier molecular flexibility index (Phi) is 11.3. The van der Waals surface area contributed by atoms with Crippen LogP contribution in [0.25, 0.3) is 10.8 Å². The molecule has 43 heavy (non-hydrogen) atoms. The smallest absolute Gasteiger partial charge is 0.350 e. The van der Waals surface area contributed by atoms with Gasteiger partial charge in [0.25, 0.3) is 0 Å². The molecule has 0 aliphatic heterocycles. The molecule has 0 unspecified atom stereocenters. The molecule has 1 amide bonds. The predicted octanol–water partition coefficient (Wildman–Crippen LogP) is 5.36. The van der Waals surface area contributed by atoms with Gasteiger partial charge in [-0.05, 0) is 69.3 Å². The van der Waals surface area contributed by atoms with Gasteiger partial charge in [0.1, 0.15) is 11.4 Å². The van der Waals surface area contributed by atoms with E-state index in [0.717, 1.165) is 16.3 Å². The van der Waals surface area contributed by atoms with Crippen LogP contribution in [-0.4, -0.2) is 69.0 Å². The van der Waals surface area contributed by atoms with Crippen LogP contribution >= 0.6 is 0 Å². The molecule has 0 aliphatic rings. The number of benzene rings is 3. The summed E-state index contributed by atoms with van der Waals surface area (Å²) < 4.78 is 41.2. The highest BCUT2D eigenvalue weighted by molar-refractivity contribution is 7.90. The molecule has 0 aromatic heterocycles. The molecule has 0 radical (unpaired) electrons. The second kappa shape index (κ2) is 14.3. The molecule has 0 heterocycles. The normalized spacial score (nSPS) is 12.4. The van der Waals surface area contributed by atoms with E-state index in [0.29, 0.717) is 36.7 Å². The van der Waals surface area contributed by atoms with E-state index in [1.807, 2.05) is 74.2 Å². The third kappa shape index (κ3) is 10.3. The van der Waals surface area contributed by atoms with Crippen LogP contribution in [0.5, 0.6) is 5.75 Å². The first-order valence-electron chi connectivity index (χ1n) is 14.4. The van der Waals surface area contributed by atoms with E-state index in [4.69, 9.17) is 14.2 Å². The fourth-order valence-corrected chi connectivity index (χ4v) is 5.36. The summed E-state index contributed by atoms with van der Waals surface area (Å²) in [6.07, 6.45) is 0. The molecule has 0 atom stereocenters. The van der Waals surface area contributed by atoms with Crippen molar-refractivity contribution in [1.82, 2.24) is 4.90 Å². The molecule has 9 nitrogen and oxygen atoms in total. The number of hydrogen-bond donors (Lipinski definition) is 1. The fraction of sp³-hybridized carbons (Fsp3) is 0.455. The Balaban J connectivity index is 1.70. The lowest BCUT2D eigenvalue weighted by molar-refractivity contribution is -0.170. The van der Waals surface area contributed by atoms with Gasteiger partial charge in [0.05, 0.1) is 18.9 Å². The summed E-state index contributed by atoms with van der Waals surface area (Å²) in [6, 6.07) is 18.4. The van der Waals surface area contributed by atoms with Crippen LogP contribution in [0.1, 0.15) is 52.7 Å². The van der Waals surface area contributed by atoms with Crippen molar-refractivity contribution in [3.05, 3.63) is 71.8 Å². The first-order valence-corrected chi connectivity index (χ1v) is 16.2. The molecule has 3 aromatic rings. The van der Waals surface area contributed by atoms with Crippen molar-refractivity contribution in [3.8, 4) is 5.75 Å². The minimum absolute atomic E-state index is 0.0502. The Morgan fingerprint density at radius 3 is 2.19 bits per heavy atom. The minimum Gasteiger partial charge on any atom is -0.476 e. The third-order valence-corrected chi connectivity index (χ3v) is 8.30. The maximum Gasteiger partial charge on any atom is 0.350 e. The van der Waals surface area contributed by atoms with Gasteiger partial charge in [-0.1, -0.05) is 49.4 Å². The predicted molar refractivity (Wildman–Crippen MR) is 170 cm³/mol. The number of anilines is 1. The Morgan fingerprint density at radius 1 is 0.907 bits per heavy atom. The number of hydrogen-bond acceptors (Lipinski definition) is 8. The zero-order valence-electron chi connectivity index (χ0n) is 26.2. The van der Waals surface area contributed by atoms with Crippen molar-refractivity contribution in [1.29, 1.82) is 0 Å². The lowest BCUT2D eigenvalue weighted by Gasteiger charge is -2.29. The van der Waals surface area contributed by atoms with E-state index < -0.39 is 27.0 Å². The maximum absolute atomic E-state index is 13.2. The number of ether oxygens (including phenoxy) is 3. The number of nitrogens with one attached hydrogen (secondary N) is 1. The Morgan fingerprint density at radius 2 is 1.56 bits per heavy atom. The maximum atomic E-state index is 13.2. The number of sulfone groups is 1. The summed E-state index contributed by atoms with van der Waals surface area (Å²) >= 11 is 0. The lowest BCUT2D eigenvalue weighted by Crippen LogP contribution is -2.43. The monoisotopic (exact) mass is 612 g/mol. The molecule has 0 saturated carbocycles. The van der Waals surface area contributed by atoms with Gasteiger partial charge in [-0.2, -0.15) is 0 Å². The van der Waals surface area contributed by atoms with Crippen LogP contribution in [-0.2, 0) is 41.2 Å². The minimum atomic E-state index is -3.21. The largest absolute Gasteiger partial charge is 0.476 e. The van der Waals surface area contributed by atoms with Gasteiger partial charge >= 0.3 is 5.97 Å². The van der Waals surface area contributed by atoms with Crippen LogP contribution in [0, 0.1) is 0 Å². The number of carbonyl (C=O) groups is 2. The number of nitrogens with zero attached hydrogens (tertiary/aromatic N) is 1. The summed E-state index contributed by atoms with van der Waals surface area (Å²) in [4.78, 5) is 27.7. The van der Waals surface area contributed by atoms with Crippen molar-refractivity contribution in [2.75, 3.05) is 37.9 Å². The Labute approximate surface area is 255 Å². The van der Waals surface area contributed by atoms with Gasteiger partial charge < -0.3 is 19.5 Å². The van der Waals surface area contributed by atoms with E-state index in [2.05, 4.69) is 5.32 Å². The highest BCUT2D eigenvalue weighted by Gasteiger charge is 2.34. The van der Waals surface area contributed by atoms with Crippen molar-refractivity contribution in [3.63, 3.8) is 0 Å². The summed E-state index contributed by atoms with van der Waals surface area (Å²) in [5.41, 5.74) is 0.508. The number of fused-ring (bicyclic) bond motifs is 1. The van der Waals surface area contributed by atoms with Crippen molar-refractivity contribution in [2.24, 2.45) is 0 Å². The zero-order valence-corrected chi connectivity index (χ0v) is 27.0. The van der Waals surface area contributed by atoms with Gasteiger partial charge in [-0.15, -0.1) is 0 Å². The van der Waals surface area contributed by atoms with Crippen LogP contribution in [0.3, 0.4) is 0 Å². The van der Waals surface area contributed by atoms with Crippen LogP contribution < -0.4 is 10.1 Å². The number of rotatable bonds is 14. The molecule has 0 fully saturated rings. The average molecular weight is 613 g/mol. The number of amides is 1. The number of methoxy groups -OCH3 is 1. The Bertz CT molecular complexity index is 1510. The standard InChI is InChI=1S/C33H44N2O7S/c1-8-43(38,39)23-25-11-9-13-28-27(25)12-10-14-29(28)34-30(36)22-35(19-20-40-7)21-24-15-17-26(18-16-24)41-33(5,6)31(37)42-32(2,3)4/h9-18H,8,19-23H2,1-7H3,(H,34,36). The van der Waals surface area contributed by atoms with Gasteiger partial charge in [0.15, 0.2) is 15.4 Å². The molecule has 3 rings (SSSR count). The molecule has 234 valence electrons. The first-order chi connectivity index (χ1) is 20.1. The van der Waals surface area contributed by atoms with Crippen LogP contribution in [0.2, 0.25) is 0 Å². The average Bonchev–Trinajstić information content (AvgIpc) is 2.92. The molecule has 0 bridgehead atoms. The summed E-state index contributed by atoms with van der Waals surface area (Å²) in [5, 5.41) is 4.59. The second-order valence-electron chi connectivity index (χ2n) is 12.0. The van der Waals surface area contributed by atoms with Crippen LogP contribution in [0.15, 0.2) is 60.7 Å². The zero-order chi connectivity index (χ0) is 31.8. The number of esters is 1. The highest BCUT2D eigenvalue weighted by Crippen LogP contribution is 2.28. The Hall–Kier alpha value is -3.47. The summed E-state index contributed by atoms with van der Waals surface area (Å²) in [6.45, 7) is 12.0. The van der Waals surface area contributed by atoms with E-state index in [1.54, 1.807) is 40.0 Å². The van der Waals surface area contributed by atoms with E-state index >= 15 is 0 Å². The molecular weight excluding hydrogens is 568 g/mol. The molecule has 3 aromatic carbocycles. The lowest BCUT2D eigenvalue weighted by atomic mass is 10.0. The van der Waals surface area contributed by atoms with Gasteiger partial charge in [0.2, 0.25) is 5.91 Å². The van der Waals surface area contributed by atoms with Crippen molar-refractivity contribution in [2.45, 2.75) is 65.0 Å². The highest BCUT2D eigenvalue weighted by atomic mass is 32.2. The first kappa shape index (κ1) is 34.0. The summed E-state index contributed by atoms with van der Waals surface area (Å²) in [5.74, 6) is -0.103. The quantitative estimate of drug-likeness (QED) is 0.242. The van der Waals surface area contributed by atoms with Gasteiger partial charge in [0, 0.05) is 37.0 Å². The second-order valence-corrected chi connectivity index (χ2v) is 14.4. The molecule has 0 spiro atoms. The molecule has 1 N–H and O–H groups in total. The fourth-order valence-electron chi connectivity index (χ4n) is 4.43. The van der Waals surface area contributed by atoms with E-state index in [1.165, 1.54) is 0 Å². The third-order valence-electron chi connectivity index (χ3n) is 6.67. The van der Waals surface area contributed by atoms with Gasteiger partial charge in [-0.25, -0.2) is 13.2 Å². The molecule has 10 heteroatoms. The molecule has 0 aliphatic carbocycles. The molecular formula is C33H44N2O7S. The SMILES string of the molecule is CCS(=O)(=O)Cc1cccc2c(NC(=O)CN(CCOC)Cc3ccc(OC(C)(C)C(=O)OC(C)(C)C)cc3)cccc12. The van der Waals surface area contributed by atoms with Gasteiger partial charge in [-0.3, -0.25) is 9.69 Å². The van der Waals surface area contributed by atoms with E-state index in [-0.39, 0.29) is 24.0 Å². The molecule has 0 saturated heterocycles.